The molecule has 2 atom stereocenters. The van der Waals surface area contributed by atoms with Crippen LogP contribution in [0.4, 0.5) is 8.78 Å². The number of carbonyl (C=O) groups excluding carboxylic acids is 1. The van der Waals surface area contributed by atoms with Crippen LogP contribution in [0, 0.1) is 23.5 Å². The average molecular weight is 268 g/mol. The lowest BCUT2D eigenvalue weighted by Gasteiger charge is -2.23. The van der Waals surface area contributed by atoms with Crippen LogP contribution in [0.5, 0.6) is 0 Å². The monoisotopic (exact) mass is 268 g/mol. The van der Waals surface area contributed by atoms with Gasteiger partial charge in [-0.15, -0.1) is 0 Å². The number of benzene rings is 1. The highest BCUT2D eigenvalue weighted by atomic mass is 19.2. The second-order valence-corrected chi connectivity index (χ2v) is 5.18. The van der Waals surface area contributed by atoms with Crippen molar-refractivity contribution in [2.24, 2.45) is 11.8 Å². The zero-order chi connectivity index (χ0) is 14.0. The smallest absolute Gasteiger partial charge is 0.227 e. The van der Waals surface area contributed by atoms with Crippen molar-refractivity contribution in [3.8, 4) is 0 Å². The zero-order valence-corrected chi connectivity index (χ0v) is 11.1. The Morgan fingerprint density at radius 1 is 1.37 bits per heavy atom. The first-order chi connectivity index (χ1) is 8.99. The molecule has 1 aromatic carbocycles. The second-order valence-electron chi connectivity index (χ2n) is 5.18. The molecule has 0 spiro atoms. The molecule has 0 unspecified atom stereocenters. The van der Waals surface area contributed by atoms with E-state index in [4.69, 9.17) is 0 Å². The molecule has 1 aliphatic rings. The largest absolute Gasteiger partial charge is 0.341 e. The highest BCUT2D eigenvalue weighted by molar-refractivity contribution is 5.79. The van der Waals surface area contributed by atoms with E-state index < -0.39 is 11.6 Å². The van der Waals surface area contributed by atoms with E-state index in [1.54, 1.807) is 11.9 Å². The molecule has 2 rings (SSSR count). The Morgan fingerprint density at radius 3 is 2.68 bits per heavy atom. The summed E-state index contributed by atoms with van der Waals surface area (Å²) in [5, 5.41) is 3.18. The van der Waals surface area contributed by atoms with Gasteiger partial charge < -0.3 is 10.2 Å². The third kappa shape index (κ3) is 3.10. The van der Waals surface area contributed by atoms with Gasteiger partial charge in [-0.2, -0.15) is 0 Å². The first-order valence-corrected chi connectivity index (χ1v) is 6.38. The normalized spacial score (nSPS) is 22.5. The van der Waals surface area contributed by atoms with Gasteiger partial charge in [0.15, 0.2) is 11.6 Å². The molecule has 1 amide bonds. The fourth-order valence-corrected chi connectivity index (χ4v) is 2.41. The van der Waals surface area contributed by atoms with Gasteiger partial charge in [-0.05, 0) is 30.2 Å². The summed E-state index contributed by atoms with van der Waals surface area (Å²) >= 11 is 0. The van der Waals surface area contributed by atoms with Crippen molar-refractivity contribution in [2.75, 3.05) is 20.1 Å². The van der Waals surface area contributed by atoms with Gasteiger partial charge in [0.1, 0.15) is 0 Å². The maximum atomic E-state index is 13.1. The number of halogens is 2. The minimum Gasteiger partial charge on any atom is -0.341 e. The summed E-state index contributed by atoms with van der Waals surface area (Å²) in [5.74, 6) is -1.43. The standard InChI is InChI=1S/C14H18F2N2O/c1-9-6-17-7-11(9)14(19)18(2)8-10-3-4-12(15)13(16)5-10/h3-5,9,11,17H,6-8H2,1-2H3/t9-,11-/m1/s1. The summed E-state index contributed by atoms with van der Waals surface area (Å²) in [7, 11) is 1.69. The number of carbonyl (C=O) groups is 1. The molecule has 0 radical (unpaired) electrons. The highest BCUT2D eigenvalue weighted by Gasteiger charge is 2.31. The van der Waals surface area contributed by atoms with Crippen LogP contribution < -0.4 is 5.32 Å². The van der Waals surface area contributed by atoms with Crippen LogP contribution in [0.25, 0.3) is 0 Å². The van der Waals surface area contributed by atoms with Crippen LogP contribution in [0.1, 0.15) is 12.5 Å². The van der Waals surface area contributed by atoms with Crippen LogP contribution in [0.15, 0.2) is 18.2 Å². The number of nitrogens with zero attached hydrogens (tertiary/aromatic N) is 1. The molecule has 19 heavy (non-hydrogen) atoms. The summed E-state index contributed by atoms with van der Waals surface area (Å²) in [5.41, 5.74) is 0.591. The van der Waals surface area contributed by atoms with Gasteiger partial charge in [0.05, 0.1) is 5.92 Å². The van der Waals surface area contributed by atoms with Gasteiger partial charge in [0.2, 0.25) is 5.91 Å². The maximum absolute atomic E-state index is 13.1. The van der Waals surface area contributed by atoms with Gasteiger partial charge in [-0.25, -0.2) is 8.78 Å². The number of hydrogen-bond donors (Lipinski definition) is 1. The molecule has 1 N–H and O–H groups in total. The highest BCUT2D eigenvalue weighted by Crippen LogP contribution is 2.19. The molecule has 0 saturated carbocycles. The molecule has 1 saturated heterocycles. The van der Waals surface area contributed by atoms with Gasteiger partial charge in [-0.1, -0.05) is 13.0 Å². The average Bonchev–Trinajstić information content (AvgIpc) is 2.79. The van der Waals surface area contributed by atoms with E-state index in [1.165, 1.54) is 6.07 Å². The lowest BCUT2D eigenvalue weighted by Crippen LogP contribution is -2.35. The van der Waals surface area contributed by atoms with E-state index in [2.05, 4.69) is 5.32 Å². The molecule has 0 bridgehead atoms. The van der Waals surface area contributed by atoms with Crippen molar-refractivity contribution in [2.45, 2.75) is 13.5 Å². The second kappa shape index (κ2) is 5.65. The molecular weight excluding hydrogens is 250 g/mol. The fraction of sp³-hybridized carbons (Fsp3) is 0.500. The number of rotatable bonds is 3. The van der Waals surface area contributed by atoms with Crippen LogP contribution >= 0.6 is 0 Å². The molecule has 1 aliphatic heterocycles. The van der Waals surface area contributed by atoms with E-state index in [0.29, 0.717) is 24.6 Å². The first kappa shape index (κ1) is 13.9. The Kier molecular flexibility index (Phi) is 4.14. The maximum Gasteiger partial charge on any atom is 0.227 e. The van der Waals surface area contributed by atoms with Crippen molar-refractivity contribution >= 4 is 5.91 Å². The molecule has 104 valence electrons. The summed E-state index contributed by atoms with van der Waals surface area (Å²) in [4.78, 5) is 13.8. The van der Waals surface area contributed by atoms with Gasteiger partial charge in [-0.3, -0.25) is 4.79 Å². The van der Waals surface area contributed by atoms with E-state index in [9.17, 15) is 13.6 Å². The summed E-state index contributed by atoms with van der Waals surface area (Å²) < 4.78 is 25.9. The Bertz CT molecular complexity index is 479. The minimum atomic E-state index is -0.880. The van der Waals surface area contributed by atoms with Crippen molar-refractivity contribution in [1.82, 2.24) is 10.2 Å². The Hall–Kier alpha value is -1.49. The van der Waals surface area contributed by atoms with Crippen LogP contribution in [-0.2, 0) is 11.3 Å². The fourth-order valence-electron chi connectivity index (χ4n) is 2.41. The number of nitrogens with one attached hydrogen (secondary N) is 1. The lowest BCUT2D eigenvalue weighted by molar-refractivity contribution is -0.135. The summed E-state index contributed by atoms with van der Waals surface area (Å²) in [6.45, 7) is 3.85. The number of amides is 1. The van der Waals surface area contributed by atoms with Crippen molar-refractivity contribution in [3.63, 3.8) is 0 Å². The molecule has 1 fully saturated rings. The minimum absolute atomic E-state index is 0.0321. The summed E-state index contributed by atoms with van der Waals surface area (Å²) in [6, 6.07) is 3.72. The van der Waals surface area contributed by atoms with E-state index in [0.717, 1.165) is 18.7 Å². The summed E-state index contributed by atoms with van der Waals surface area (Å²) in [6.07, 6.45) is 0. The van der Waals surface area contributed by atoms with E-state index in [1.807, 2.05) is 6.92 Å². The SMILES string of the molecule is C[C@@H]1CNC[C@H]1C(=O)N(C)Cc1ccc(F)c(F)c1. The van der Waals surface area contributed by atoms with E-state index >= 15 is 0 Å². The predicted molar refractivity (Wildman–Crippen MR) is 68.4 cm³/mol. The quantitative estimate of drug-likeness (QED) is 0.906. The van der Waals surface area contributed by atoms with Crippen LogP contribution in [0.2, 0.25) is 0 Å². The Morgan fingerprint density at radius 2 is 2.11 bits per heavy atom. The van der Waals surface area contributed by atoms with Crippen LogP contribution in [-0.4, -0.2) is 30.9 Å². The molecule has 0 aromatic heterocycles. The van der Waals surface area contributed by atoms with Gasteiger partial charge in [0, 0.05) is 20.1 Å². The van der Waals surface area contributed by atoms with E-state index in [-0.39, 0.29) is 11.8 Å². The van der Waals surface area contributed by atoms with Crippen molar-refractivity contribution < 1.29 is 13.6 Å². The molecule has 1 heterocycles. The zero-order valence-electron chi connectivity index (χ0n) is 11.1. The first-order valence-electron chi connectivity index (χ1n) is 6.38. The third-order valence-corrected chi connectivity index (χ3v) is 3.61. The Labute approximate surface area is 111 Å². The molecule has 0 aliphatic carbocycles. The number of hydrogen-bond acceptors (Lipinski definition) is 2. The predicted octanol–water partition coefficient (Wildman–Crippen LogP) is 1.78. The third-order valence-electron chi connectivity index (χ3n) is 3.61. The molecule has 1 aromatic rings. The molecular formula is C14H18F2N2O. The topological polar surface area (TPSA) is 32.3 Å². The van der Waals surface area contributed by atoms with Crippen molar-refractivity contribution in [1.29, 1.82) is 0 Å². The molecule has 3 nitrogen and oxygen atoms in total. The van der Waals surface area contributed by atoms with Gasteiger partial charge in [0.25, 0.3) is 0 Å². The van der Waals surface area contributed by atoms with Gasteiger partial charge >= 0.3 is 0 Å². The van der Waals surface area contributed by atoms with Crippen LogP contribution in [0.3, 0.4) is 0 Å². The lowest BCUT2D eigenvalue weighted by atomic mass is 9.96. The van der Waals surface area contributed by atoms with Crippen molar-refractivity contribution in [3.05, 3.63) is 35.4 Å². The Balaban J connectivity index is 2.01. The molecule has 5 heteroatoms.